The predicted octanol–water partition coefficient (Wildman–Crippen LogP) is 4.31. The molecule has 1 aromatic carbocycles. The van der Waals surface area contributed by atoms with Crippen molar-refractivity contribution in [2.24, 2.45) is 0 Å². The highest BCUT2D eigenvalue weighted by atomic mass is 79.9. The van der Waals surface area contributed by atoms with Gasteiger partial charge >= 0.3 is 6.09 Å². The largest absolute Gasteiger partial charge is 0.443 e. The second-order valence-corrected chi connectivity index (χ2v) is 7.10. The predicted molar refractivity (Wildman–Crippen MR) is 92.9 cm³/mol. The van der Waals surface area contributed by atoms with E-state index in [1.807, 2.05) is 0 Å². The van der Waals surface area contributed by atoms with Gasteiger partial charge in [0.2, 0.25) is 0 Å². The number of nitro benzene ring substituents is 1. The fourth-order valence-corrected chi connectivity index (χ4v) is 2.28. The summed E-state index contributed by atoms with van der Waals surface area (Å²) in [7, 11) is 0. The number of hydrogen-bond acceptors (Lipinski definition) is 5. The molecule has 0 saturated carbocycles. The fraction of sp³-hybridized carbons (Fsp3) is 0.375. The lowest BCUT2D eigenvalue weighted by Crippen LogP contribution is -2.41. The first-order chi connectivity index (χ1) is 10.9. The van der Waals surface area contributed by atoms with Crippen LogP contribution in [0.5, 0.6) is 0 Å². The Balaban J connectivity index is 3.19. The van der Waals surface area contributed by atoms with E-state index in [2.05, 4.69) is 22.5 Å². The van der Waals surface area contributed by atoms with E-state index >= 15 is 0 Å². The van der Waals surface area contributed by atoms with Crippen molar-refractivity contribution in [1.82, 2.24) is 4.90 Å². The summed E-state index contributed by atoms with van der Waals surface area (Å²) in [6.45, 7) is 10.4. The first kappa shape index (κ1) is 19.8. The molecule has 0 unspecified atom stereocenters. The molecule has 0 N–H and O–H groups in total. The molecule has 0 heterocycles. The van der Waals surface area contributed by atoms with Crippen LogP contribution in [-0.4, -0.2) is 34.0 Å². The summed E-state index contributed by atoms with van der Waals surface area (Å²) in [5.74, 6) is -0.631. The van der Waals surface area contributed by atoms with Gasteiger partial charge in [-0.2, -0.15) is 0 Å². The molecule has 130 valence electrons. The zero-order chi connectivity index (χ0) is 18.7. The number of benzene rings is 1. The highest BCUT2D eigenvalue weighted by Gasteiger charge is 2.29. The molecule has 0 radical (unpaired) electrons. The lowest BCUT2D eigenvalue weighted by atomic mass is 10.1. The van der Waals surface area contributed by atoms with Gasteiger partial charge in [0.1, 0.15) is 5.60 Å². The van der Waals surface area contributed by atoms with E-state index in [-0.39, 0.29) is 22.3 Å². The molecule has 0 aliphatic rings. The number of carbonyl (C=O) groups excluding carboxylic acids is 2. The van der Waals surface area contributed by atoms with E-state index in [4.69, 9.17) is 4.74 Å². The number of nitrogens with zero attached hydrogens (tertiary/aromatic N) is 2. The summed E-state index contributed by atoms with van der Waals surface area (Å²) in [6, 6.07) is 3.70. The molecule has 1 aromatic rings. The van der Waals surface area contributed by atoms with Gasteiger partial charge in [0.25, 0.3) is 11.6 Å². The number of amides is 2. The van der Waals surface area contributed by atoms with Gasteiger partial charge in [0.05, 0.1) is 17.0 Å². The van der Waals surface area contributed by atoms with Crippen molar-refractivity contribution < 1.29 is 19.2 Å². The van der Waals surface area contributed by atoms with E-state index in [1.54, 1.807) is 27.7 Å². The molecule has 7 nitrogen and oxygen atoms in total. The quantitative estimate of drug-likeness (QED) is 0.428. The molecule has 0 aromatic heterocycles. The molecule has 1 rings (SSSR count). The molecule has 0 bridgehead atoms. The molecule has 0 atom stereocenters. The standard InChI is InChI=1S/C16H19BrN2O5/c1-10(2)9-18(15(21)24-16(3,4)5)14(20)12-7-6-11(19(22)23)8-13(12)17/h6-8H,1,9H2,2-5H3. The second kappa shape index (κ2) is 7.57. The van der Waals surface area contributed by atoms with Crippen LogP contribution in [0.4, 0.5) is 10.5 Å². The van der Waals surface area contributed by atoms with Gasteiger partial charge in [-0.15, -0.1) is 0 Å². The van der Waals surface area contributed by atoms with Gasteiger partial charge in [-0.05, 0) is 49.7 Å². The average Bonchev–Trinajstić information content (AvgIpc) is 2.41. The SMILES string of the molecule is C=C(C)CN(C(=O)OC(C)(C)C)C(=O)c1ccc([N+](=O)[O-])cc1Br. The number of halogens is 1. The van der Waals surface area contributed by atoms with Gasteiger partial charge in [0.15, 0.2) is 0 Å². The monoisotopic (exact) mass is 398 g/mol. The maximum atomic E-state index is 12.7. The van der Waals surface area contributed by atoms with Crippen LogP contribution in [0, 0.1) is 10.1 Å². The summed E-state index contributed by atoms with van der Waals surface area (Å²) in [5.41, 5.74) is -0.223. The van der Waals surface area contributed by atoms with Gasteiger partial charge in [-0.1, -0.05) is 12.2 Å². The number of rotatable bonds is 4. The van der Waals surface area contributed by atoms with Crippen molar-refractivity contribution in [1.29, 1.82) is 0 Å². The van der Waals surface area contributed by atoms with Gasteiger partial charge in [0, 0.05) is 16.6 Å². The molecule has 2 amide bonds. The molecule has 8 heteroatoms. The van der Waals surface area contributed by atoms with Crippen molar-refractivity contribution >= 4 is 33.6 Å². The van der Waals surface area contributed by atoms with Crippen molar-refractivity contribution in [3.63, 3.8) is 0 Å². The molecule has 0 saturated heterocycles. The zero-order valence-electron chi connectivity index (χ0n) is 14.0. The van der Waals surface area contributed by atoms with Crippen LogP contribution in [0.1, 0.15) is 38.1 Å². The normalized spacial score (nSPS) is 10.9. The van der Waals surface area contributed by atoms with Crippen LogP contribution >= 0.6 is 15.9 Å². The summed E-state index contributed by atoms with van der Waals surface area (Å²) >= 11 is 3.13. The molecular weight excluding hydrogens is 380 g/mol. The van der Waals surface area contributed by atoms with E-state index in [0.29, 0.717) is 5.57 Å². The highest BCUT2D eigenvalue weighted by molar-refractivity contribution is 9.10. The average molecular weight is 399 g/mol. The lowest BCUT2D eigenvalue weighted by molar-refractivity contribution is -0.384. The van der Waals surface area contributed by atoms with Crippen LogP contribution in [0.3, 0.4) is 0 Å². The molecular formula is C16H19BrN2O5. The zero-order valence-corrected chi connectivity index (χ0v) is 15.5. The Bertz CT molecular complexity index is 694. The minimum atomic E-state index is -0.805. The first-order valence-corrected chi connectivity index (χ1v) is 7.85. The molecule has 0 aliphatic carbocycles. The van der Waals surface area contributed by atoms with Crippen LogP contribution in [0.25, 0.3) is 0 Å². The third-order valence-electron chi connectivity index (χ3n) is 2.68. The van der Waals surface area contributed by atoms with Crippen molar-refractivity contribution in [3.05, 3.63) is 50.5 Å². The fourth-order valence-electron chi connectivity index (χ4n) is 1.74. The Morgan fingerprint density at radius 1 is 1.38 bits per heavy atom. The molecule has 0 aliphatic heterocycles. The highest BCUT2D eigenvalue weighted by Crippen LogP contribution is 2.25. The summed E-state index contributed by atoms with van der Waals surface area (Å²) in [5, 5.41) is 10.8. The molecule has 0 fully saturated rings. The molecule has 0 spiro atoms. The summed E-state index contributed by atoms with van der Waals surface area (Å²) in [4.78, 5) is 36.1. The third-order valence-corrected chi connectivity index (χ3v) is 3.34. The van der Waals surface area contributed by atoms with E-state index < -0.39 is 22.5 Å². The minimum absolute atomic E-state index is 0.0167. The summed E-state index contributed by atoms with van der Waals surface area (Å²) in [6.07, 6.45) is -0.805. The second-order valence-electron chi connectivity index (χ2n) is 6.25. The Morgan fingerprint density at radius 2 is 1.96 bits per heavy atom. The number of imide groups is 1. The number of non-ortho nitro benzene ring substituents is 1. The van der Waals surface area contributed by atoms with Crippen molar-refractivity contribution in [2.75, 3.05) is 6.54 Å². The van der Waals surface area contributed by atoms with E-state index in [0.717, 1.165) is 4.90 Å². The first-order valence-electron chi connectivity index (χ1n) is 7.05. The maximum absolute atomic E-state index is 12.7. The lowest BCUT2D eigenvalue weighted by Gasteiger charge is -2.26. The number of carbonyl (C=O) groups is 2. The third kappa shape index (κ3) is 5.45. The molecule has 24 heavy (non-hydrogen) atoms. The Kier molecular flexibility index (Phi) is 6.25. The Morgan fingerprint density at radius 3 is 2.38 bits per heavy atom. The topological polar surface area (TPSA) is 89.8 Å². The Hall–Kier alpha value is -2.22. The van der Waals surface area contributed by atoms with Crippen LogP contribution in [-0.2, 0) is 4.74 Å². The minimum Gasteiger partial charge on any atom is -0.443 e. The van der Waals surface area contributed by atoms with Crippen molar-refractivity contribution in [3.8, 4) is 0 Å². The van der Waals surface area contributed by atoms with Gasteiger partial charge in [-0.3, -0.25) is 14.9 Å². The van der Waals surface area contributed by atoms with Crippen LogP contribution < -0.4 is 0 Å². The van der Waals surface area contributed by atoms with E-state index in [1.165, 1.54) is 18.2 Å². The van der Waals surface area contributed by atoms with E-state index in [9.17, 15) is 19.7 Å². The van der Waals surface area contributed by atoms with Crippen molar-refractivity contribution in [2.45, 2.75) is 33.3 Å². The number of hydrogen-bond donors (Lipinski definition) is 0. The van der Waals surface area contributed by atoms with Gasteiger partial charge in [-0.25, -0.2) is 9.69 Å². The van der Waals surface area contributed by atoms with Crippen LogP contribution in [0.2, 0.25) is 0 Å². The summed E-state index contributed by atoms with van der Waals surface area (Å²) < 4.78 is 5.47. The Labute approximate surface area is 148 Å². The van der Waals surface area contributed by atoms with Gasteiger partial charge < -0.3 is 4.74 Å². The number of ether oxygens (including phenoxy) is 1. The smallest absolute Gasteiger partial charge is 0.417 e. The number of nitro groups is 1. The van der Waals surface area contributed by atoms with Crippen LogP contribution in [0.15, 0.2) is 34.8 Å². The maximum Gasteiger partial charge on any atom is 0.417 e.